The number of carbonyl (C=O) groups is 2. The van der Waals surface area contributed by atoms with Crippen LogP contribution in [-0.4, -0.2) is 24.0 Å². The maximum atomic E-state index is 13.3. The van der Waals surface area contributed by atoms with Gasteiger partial charge in [0.25, 0.3) is 5.91 Å². The summed E-state index contributed by atoms with van der Waals surface area (Å²) >= 11 is 1.24. The van der Waals surface area contributed by atoms with Gasteiger partial charge in [-0.2, -0.15) is 10.4 Å². The fourth-order valence-corrected chi connectivity index (χ4v) is 4.46. The Hall–Kier alpha value is -4.01. The molecule has 1 aromatic heterocycles. The molecule has 0 aliphatic heterocycles. The number of nitrogens with zero attached hydrogens (tertiary/aromatic N) is 2. The summed E-state index contributed by atoms with van der Waals surface area (Å²) in [6.07, 6.45) is 0. The quantitative estimate of drug-likeness (QED) is 0.296. The fourth-order valence-electron chi connectivity index (χ4n) is 3.50. The number of ether oxygens (including phenoxy) is 1. The van der Waals surface area contributed by atoms with Crippen molar-refractivity contribution in [2.45, 2.75) is 13.8 Å². The van der Waals surface area contributed by atoms with E-state index in [0.717, 1.165) is 22.4 Å². The Morgan fingerprint density at radius 2 is 1.50 bits per heavy atom. The average Bonchev–Trinajstić information content (AvgIpc) is 3.34. The van der Waals surface area contributed by atoms with Gasteiger partial charge in [0.2, 0.25) is 0 Å². The van der Waals surface area contributed by atoms with Gasteiger partial charge >= 0.3 is 11.2 Å². The lowest BCUT2D eigenvalue weighted by molar-refractivity contribution is 0.0881. The average molecular weight is 474 g/mol. The number of thiazole rings is 1. The number of benzene rings is 3. The molecule has 3 amide bonds. The third-order valence-corrected chi connectivity index (χ3v) is 6.42. The maximum absolute atomic E-state index is 13.3. The molecular formula is C26H25N4O3S+. The molecule has 7 nitrogen and oxygen atoms in total. The number of hydrogen-bond acceptors (Lipinski definition) is 5. The van der Waals surface area contributed by atoms with Crippen LogP contribution in [0.1, 0.15) is 21.5 Å². The van der Waals surface area contributed by atoms with E-state index >= 15 is 0 Å². The highest BCUT2D eigenvalue weighted by atomic mass is 32.1. The Morgan fingerprint density at radius 3 is 2.06 bits per heavy atom. The van der Waals surface area contributed by atoms with Crippen molar-refractivity contribution in [1.82, 2.24) is 15.0 Å². The molecule has 0 radical (unpaired) electrons. The van der Waals surface area contributed by atoms with Gasteiger partial charge in [-0.1, -0.05) is 46.7 Å². The van der Waals surface area contributed by atoms with Gasteiger partial charge in [0.1, 0.15) is 5.75 Å². The molecule has 34 heavy (non-hydrogen) atoms. The van der Waals surface area contributed by atoms with Crippen molar-refractivity contribution in [2.24, 2.45) is 5.73 Å². The third kappa shape index (κ3) is 4.41. The summed E-state index contributed by atoms with van der Waals surface area (Å²) in [7, 11) is 1.60. The molecule has 0 saturated carbocycles. The minimum atomic E-state index is -0.778. The molecule has 1 unspecified atom stereocenters. The lowest BCUT2D eigenvalue weighted by Gasteiger charge is -2.29. The summed E-state index contributed by atoms with van der Waals surface area (Å²) in [5.74, 6) is 0.284. The van der Waals surface area contributed by atoms with Crippen LogP contribution in [0, 0.1) is 13.8 Å². The van der Waals surface area contributed by atoms with Gasteiger partial charge in [0, 0.05) is 28.6 Å². The molecule has 0 aliphatic rings. The van der Waals surface area contributed by atoms with E-state index < -0.39 is 16.5 Å². The van der Waals surface area contributed by atoms with Crippen molar-refractivity contribution in [3.05, 3.63) is 94.9 Å². The zero-order chi connectivity index (χ0) is 24.3. The Bertz CT molecular complexity index is 1320. The highest BCUT2D eigenvalue weighted by molar-refractivity contribution is 7.14. The molecule has 0 bridgehead atoms. The molecule has 172 valence electrons. The van der Waals surface area contributed by atoms with E-state index in [9.17, 15) is 9.59 Å². The van der Waals surface area contributed by atoms with Gasteiger partial charge in [0.05, 0.1) is 12.8 Å². The second-order valence-electron chi connectivity index (χ2n) is 7.90. The van der Waals surface area contributed by atoms with Gasteiger partial charge in [0.15, 0.2) is 5.69 Å². The summed E-state index contributed by atoms with van der Waals surface area (Å²) < 4.78 is 4.48. The number of aryl methyl sites for hydroxylation is 2. The first-order chi connectivity index (χ1) is 16.3. The first-order valence-electron chi connectivity index (χ1n) is 10.6. The Morgan fingerprint density at radius 1 is 0.912 bits per heavy atom. The second-order valence-corrected chi connectivity index (χ2v) is 8.73. The number of rotatable bonds is 5. The standard InChI is InChI=1S/C26H24N4O3S/c1-17-4-8-20(9-5-17)24(31)29-30(25(27)32,21-12-6-18(2)7-13-21)26-28-23(16-34-26)19-10-14-22(33-3)15-11-19/h4-16H,1-3H3,(H2-,27,29,31,32)/p+1. The molecule has 1 heterocycles. The predicted molar refractivity (Wildman–Crippen MR) is 135 cm³/mol. The molecule has 8 heteroatoms. The van der Waals surface area contributed by atoms with Crippen molar-refractivity contribution in [3.63, 3.8) is 0 Å². The number of carbonyl (C=O) groups excluding carboxylic acids is 2. The SMILES string of the molecule is COc1ccc(-c2csc([N+](NC(=O)c3ccc(C)cc3)(C(N)=O)c3ccc(C)cc3)n2)cc1. The van der Waals surface area contributed by atoms with Crippen LogP contribution >= 0.6 is 11.3 Å². The van der Waals surface area contributed by atoms with Crippen molar-refractivity contribution in [1.29, 1.82) is 0 Å². The van der Waals surface area contributed by atoms with Crippen LogP contribution < -0.4 is 20.5 Å². The first kappa shape index (κ1) is 23.2. The highest BCUT2D eigenvalue weighted by Crippen LogP contribution is 2.38. The molecule has 0 spiro atoms. The first-order valence-corrected chi connectivity index (χ1v) is 11.5. The largest absolute Gasteiger partial charge is 0.497 e. The number of urea groups is 1. The van der Waals surface area contributed by atoms with Gasteiger partial charge in [-0.05, 0) is 54.8 Å². The van der Waals surface area contributed by atoms with E-state index in [-0.39, 0.29) is 0 Å². The minimum absolute atomic E-state index is 0.322. The summed E-state index contributed by atoms with van der Waals surface area (Å²) in [6, 6.07) is 21.0. The molecular weight excluding hydrogens is 448 g/mol. The molecule has 0 saturated heterocycles. The summed E-state index contributed by atoms with van der Waals surface area (Å²) in [5, 5.41) is 2.15. The topological polar surface area (TPSA) is 94.3 Å². The van der Waals surface area contributed by atoms with Crippen molar-refractivity contribution < 1.29 is 14.3 Å². The summed E-state index contributed by atoms with van der Waals surface area (Å²) in [5.41, 5.74) is 13.3. The number of nitrogens with one attached hydrogen (secondary N) is 1. The predicted octanol–water partition coefficient (Wildman–Crippen LogP) is 5.50. The van der Waals surface area contributed by atoms with Crippen LogP contribution in [0.25, 0.3) is 11.3 Å². The van der Waals surface area contributed by atoms with Crippen molar-refractivity contribution in [2.75, 3.05) is 7.11 Å². The van der Waals surface area contributed by atoms with Gasteiger partial charge in [-0.15, -0.1) is 0 Å². The normalized spacial score (nSPS) is 12.6. The molecule has 3 N–H and O–H groups in total. The number of methoxy groups -OCH3 is 1. The van der Waals surface area contributed by atoms with Crippen LogP contribution in [0.3, 0.4) is 0 Å². The Labute approximate surface area is 202 Å². The Kier molecular flexibility index (Phi) is 6.45. The molecule has 4 rings (SSSR count). The third-order valence-electron chi connectivity index (χ3n) is 5.50. The number of hydrogen-bond donors (Lipinski definition) is 2. The van der Waals surface area contributed by atoms with E-state index in [1.54, 1.807) is 31.4 Å². The fraction of sp³-hybridized carbons (Fsp3) is 0.115. The van der Waals surface area contributed by atoms with Crippen molar-refractivity contribution >= 4 is 34.1 Å². The van der Waals surface area contributed by atoms with Gasteiger partial charge in [-0.25, -0.2) is 4.79 Å². The van der Waals surface area contributed by atoms with Gasteiger partial charge < -0.3 is 10.5 Å². The van der Waals surface area contributed by atoms with E-state index in [1.807, 2.05) is 67.8 Å². The van der Waals surface area contributed by atoms with Gasteiger partial charge in [-0.3, -0.25) is 4.79 Å². The highest BCUT2D eigenvalue weighted by Gasteiger charge is 2.46. The number of amides is 3. The molecule has 3 aromatic carbocycles. The van der Waals surface area contributed by atoms with E-state index in [2.05, 4.69) is 5.43 Å². The molecule has 0 fully saturated rings. The minimum Gasteiger partial charge on any atom is -0.497 e. The van der Waals surface area contributed by atoms with E-state index in [4.69, 9.17) is 15.5 Å². The lowest BCUT2D eigenvalue weighted by atomic mass is 10.1. The van der Waals surface area contributed by atoms with Crippen LogP contribution in [-0.2, 0) is 0 Å². The number of nitrogens with two attached hydrogens (primary N) is 1. The molecule has 1 atom stereocenters. The van der Waals surface area contributed by atoms with E-state index in [0.29, 0.717) is 22.1 Å². The lowest BCUT2D eigenvalue weighted by Crippen LogP contribution is -2.63. The molecule has 0 aliphatic carbocycles. The van der Waals surface area contributed by atoms with E-state index in [1.165, 1.54) is 11.3 Å². The zero-order valence-electron chi connectivity index (χ0n) is 19.1. The number of quaternary nitrogens is 1. The summed E-state index contributed by atoms with van der Waals surface area (Å²) in [4.78, 5) is 31.1. The monoisotopic (exact) mass is 473 g/mol. The molecule has 4 aromatic rings. The smallest absolute Gasteiger partial charge is 0.451 e. The van der Waals surface area contributed by atoms with Crippen LogP contribution in [0.5, 0.6) is 5.75 Å². The summed E-state index contributed by atoms with van der Waals surface area (Å²) in [6.45, 7) is 3.88. The Balaban J connectivity index is 1.82. The zero-order valence-corrected chi connectivity index (χ0v) is 19.9. The van der Waals surface area contributed by atoms with Crippen LogP contribution in [0.15, 0.2) is 78.2 Å². The number of aromatic nitrogens is 1. The van der Waals surface area contributed by atoms with Crippen molar-refractivity contribution in [3.8, 4) is 17.0 Å². The van der Waals surface area contributed by atoms with Crippen LogP contribution in [0.2, 0.25) is 0 Å². The second kappa shape index (κ2) is 9.46. The maximum Gasteiger partial charge on any atom is 0.451 e. The van der Waals surface area contributed by atoms with Crippen LogP contribution in [0.4, 0.5) is 15.6 Å². The number of primary amides is 1.